The minimum Gasteiger partial charge on any atom is -0.453 e. The predicted octanol–water partition coefficient (Wildman–Crippen LogP) is 1.64. The summed E-state index contributed by atoms with van der Waals surface area (Å²) in [6, 6.07) is 9.30. The van der Waals surface area contributed by atoms with E-state index in [4.69, 9.17) is 0 Å². The Labute approximate surface area is 82.7 Å². The van der Waals surface area contributed by atoms with Crippen LogP contribution in [0.5, 0.6) is 0 Å². The average molecular weight is 194 g/mol. The molecule has 14 heavy (non-hydrogen) atoms. The first kappa shape index (κ1) is 10.5. The molecule has 4 heteroatoms. The monoisotopic (exact) mass is 194 g/mol. The van der Waals surface area contributed by atoms with E-state index in [1.807, 2.05) is 30.3 Å². The lowest BCUT2D eigenvalue weighted by atomic mass is 10.2. The predicted molar refractivity (Wildman–Crippen MR) is 49.9 cm³/mol. The van der Waals surface area contributed by atoms with Crippen LogP contribution in [0.4, 0.5) is 4.79 Å². The summed E-state index contributed by atoms with van der Waals surface area (Å²) in [4.78, 5) is 12.1. The van der Waals surface area contributed by atoms with Crippen LogP contribution in [0.25, 0.3) is 0 Å². The van der Waals surface area contributed by atoms with Crippen molar-refractivity contribution in [3.05, 3.63) is 35.9 Å². The van der Waals surface area contributed by atoms with Crippen molar-refractivity contribution in [3.63, 3.8) is 0 Å². The molecule has 0 saturated heterocycles. The third-order valence-corrected chi connectivity index (χ3v) is 1.80. The van der Waals surface area contributed by atoms with Crippen molar-refractivity contribution < 1.29 is 14.6 Å². The van der Waals surface area contributed by atoms with Crippen molar-refractivity contribution in [2.45, 2.75) is 6.54 Å². The molecule has 0 fully saturated rings. The van der Waals surface area contributed by atoms with Crippen LogP contribution >= 0.6 is 0 Å². The second kappa shape index (κ2) is 5.24. The number of methoxy groups -OCH3 is 1. The fraction of sp³-hybridized carbons (Fsp3) is 0.300. The molecule has 1 aromatic carbocycles. The zero-order valence-electron chi connectivity index (χ0n) is 7.97. The molecule has 0 bridgehead atoms. The van der Waals surface area contributed by atoms with Gasteiger partial charge in [0.25, 0.3) is 0 Å². The Morgan fingerprint density at radius 1 is 1.36 bits per heavy atom. The molecule has 0 heterocycles. The van der Waals surface area contributed by atoms with E-state index in [1.54, 1.807) is 0 Å². The highest BCUT2D eigenvalue weighted by Gasteiger charge is 2.12. The number of carbonyl (C=O) groups excluding carboxylic acids is 1. The summed E-state index contributed by atoms with van der Waals surface area (Å²) in [5.41, 5.74) is 0.911. The Morgan fingerprint density at radius 3 is 2.50 bits per heavy atom. The maximum absolute atomic E-state index is 11.1. The molecule has 4 nitrogen and oxygen atoms in total. The Kier molecular flexibility index (Phi) is 3.94. The lowest BCUT2D eigenvalue weighted by Gasteiger charge is -2.16. The van der Waals surface area contributed by atoms with Gasteiger partial charge in [0, 0.05) is 0 Å². The number of rotatable bonds is 3. The van der Waals surface area contributed by atoms with Crippen LogP contribution in [-0.4, -0.2) is 24.8 Å². The highest BCUT2D eigenvalue weighted by atomic mass is 16.5. The number of benzene rings is 1. The van der Waals surface area contributed by atoms with Crippen LogP contribution in [-0.2, 0) is 16.4 Å². The normalized spacial score (nSPS) is 9.57. The minimum absolute atomic E-state index is 0.289. The van der Waals surface area contributed by atoms with Gasteiger partial charge in [-0.05, 0) is 5.56 Å². The Hall–Kier alpha value is -1.55. The molecule has 1 amide bonds. The van der Waals surface area contributed by atoms with Gasteiger partial charge in [0.2, 0.25) is 0 Å². The highest BCUT2D eigenvalue weighted by Crippen LogP contribution is 2.04. The number of carbonyl (C=O) groups is 1. The summed E-state index contributed by atoms with van der Waals surface area (Å²) >= 11 is 0. The number of amides is 1. The van der Waals surface area contributed by atoms with Crippen LogP contribution in [0, 0.1) is 0 Å². The molecule has 0 atom stereocenters. The van der Waals surface area contributed by atoms with E-state index in [2.05, 4.69) is 4.74 Å². The SMILES string of the molecule is COC(=O)N(C[O])Cc1ccccc1. The molecule has 0 spiro atoms. The summed E-state index contributed by atoms with van der Waals surface area (Å²) < 4.78 is 4.46. The van der Waals surface area contributed by atoms with Crippen molar-refractivity contribution >= 4 is 6.09 Å². The lowest BCUT2D eigenvalue weighted by Crippen LogP contribution is -2.30. The van der Waals surface area contributed by atoms with E-state index >= 15 is 0 Å². The number of hydrogen-bond donors (Lipinski definition) is 0. The Balaban J connectivity index is 2.62. The van der Waals surface area contributed by atoms with Crippen molar-refractivity contribution in [2.75, 3.05) is 13.8 Å². The van der Waals surface area contributed by atoms with Crippen LogP contribution in [0.1, 0.15) is 5.56 Å². The van der Waals surface area contributed by atoms with Crippen LogP contribution in [0.15, 0.2) is 30.3 Å². The van der Waals surface area contributed by atoms with Gasteiger partial charge in [-0.3, -0.25) is 4.90 Å². The van der Waals surface area contributed by atoms with Crippen LogP contribution in [0.2, 0.25) is 0 Å². The van der Waals surface area contributed by atoms with Crippen molar-refractivity contribution in [2.24, 2.45) is 0 Å². The first-order valence-electron chi connectivity index (χ1n) is 4.23. The van der Waals surface area contributed by atoms with Gasteiger partial charge < -0.3 is 4.74 Å². The number of ether oxygens (including phenoxy) is 1. The van der Waals surface area contributed by atoms with Gasteiger partial charge >= 0.3 is 6.09 Å². The second-order valence-electron chi connectivity index (χ2n) is 2.78. The Morgan fingerprint density at radius 2 is 2.00 bits per heavy atom. The van der Waals surface area contributed by atoms with E-state index in [9.17, 15) is 9.90 Å². The Bertz CT molecular complexity index is 287. The van der Waals surface area contributed by atoms with Crippen LogP contribution in [0.3, 0.4) is 0 Å². The average Bonchev–Trinajstić information content (AvgIpc) is 2.26. The van der Waals surface area contributed by atoms with E-state index < -0.39 is 12.8 Å². The summed E-state index contributed by atoms with van der Waals surface area (Å²) in [5.74, 6) is 0. The quantitative estimate of drug-likeness (QED) is 0.687. The molecular formula is C10H12NO3. The van der Waals surface area contributed by atoms with Gasteiger partial charge in [-0.25, -0.2) is 9.90 Å². The zero-order valence-corrected chi connectivity index (χ0v) is 7.97. The molecule has 0 aromatic heterocycles. The van der Waals surface area contributed by atoms with Gasteiger partial charge in [0.15, 0.2) is 6.73 Å². The van der Waals surface area contributed by atoms with E-state index in [0.29, 0.717) is 0 Å². The maximum Gasteiger partial charge on any atom is 0.411 e. The lowest BCUT2D eigenvalue weighted by molar-refractivity contribution is 0.0381. The largest absolute Gasteiger partial charge is 0.453 e. The second-order valence-corrected chi connectivity index (χ2v) is 2.78. The van der Waals surface area contributed by atoms with Crippen molar-refractivity contribution in [1.82, 2.24) is 4.90 Å². The fourth-order valence-corrected chi connectivity index (χ4v) is 1.10. The standard InChI is InChI=1S/C10H12NO3/c1-14-10(13)11(8-12)7-9-5-3-2-4-6-9/h2-6H,7-8H2,1H3. The molecule has 0 aliphatic heterocycles. The summed E-state index contributed by atoms with van der Waals surface area (Å²) in [6.07, 6.45) is -0.594. The third-order valence-electron chi connectivity index (χ3n) is 1.80. The molecular weight excluding hydrogens is 182 g/mol. The first-order chi connectivity index (χ1) is 6.77. The van der Waals surface area contributed by atoms with E-state index in [0.717, 1.165) is 10.5 Å². The molecule has 1 radical (unpaired) electrons. The summed E-state index contributed by atoms with van der Waals surface area (Å²) in [5, 5.41) is 10.7. The van der Waals surface area contributed by atoms with Gasteiger partial charge in [-0.1, -0.05) is 30.3 Å². The molecule has 0 aliphatic carbocycles. The first-order valence-corrected chi connectivity index (χ1v) is 4.23. The minimum atomic E-state index is -0.596. The highest BCUT2D eigenvalue weighted by molar-refractivity contribution is 5.67. The molecule has 1 aromatic rings. The third kappa shape index (κ3) is 2.74. The van der Waals surface area contributed by atoms with E-state index in [-0.39, 0.29) is 6.54 Å². The maximum atomic E-state index is 11.1. The molecule has 0 aliphatic rings. The molecule has 0 N–H and O–H groups in total. The van der Waals surface area contributed by atoms with Gasteiger partial charge in [-0.15, -0.1) is 0 Å². The van der Waals surface area contributed by atoms with Gasteiger partial charge in [0.1, 0.15) is 0 Å². The molecule has 1 rings (SSSR count). The zero-order chi connectivity index (χ0) is 10.4. The number of hydrogen-bond acceptors (Lipinski definition) is 2. The van der Waals surface area contributed by atoms with E-state index in [1.165, 1.54) is 7.11 Å². The smallest absolute Gasteiger partial charge is 0.411 e. The van der Waals surface area contributed by atoms with Crippen LogP contribution < -0.4 is 0 Å². The van der Waals surface area contributed by atoms with Gasteiger partial charge in [0.05, 0.1) is 13.7 Å². The molecule has 0 unspecified atom stereocenters. The fourth-order valence-electron chi connectivity index (χ4n) is 1.10. The molecule has 75 valence electrons. The topological polar surface area (TPSA) is 49.4 Å². The van der Waals surface area contributed by atoms with Crippen molar-refractivity contribution in [1.29, 1.82) is 0 Å². The van der Waals surface area contributed by atoms with Gasteiger partial charge in [-0.2, -0.15) is 0 Å². The summed E-state index contributed by atoms with van der Waals surface area (Å²) in [7, 11) is 1.26. The summed E-state index contributed by atoms with van der Waals surface area (Å²) in [6.45, 7) is -0.307. The van der Waals surface area contributed by atoms with Crippen molar-refractivity contribution in [3.8, 4) is 0 Å². The number of nitrogens with zero attached hydrogens (tertiary/aromatic N) is 1. The molecule has 0 saturated carbocycles.